The summed E-state index contributed by atoms with van der Waals surface area (Å²) in [5, 5.41) is 1.45. The molecule has 3 nitrogen and oxygen atoms in total. The lowest BCUT2D eigenvalue weighted by Crippen LogP contribution is -2.18. The first-order chi connectivity index (χ1) is 4.27. The van der Waals surface area contributed by atoms with Crippen molar-refractivity contribution in [2.24, 2.45) is 10.8 Å². The summed E-state index contributed by atoms with van der Waals surface area (Å²) in [4.78, 5) is 3.90. The molecule has 0 rings (SSSR count). The van der Waals surface area contributed by atoms with Crippen LogP contribution in [0.5, 0.6) is 0 Å². The van der Waals surface area contributed by atoms with Gasteiger partial charge in [0.2, 0.25) is 0 Å². The van der Waals surface area contributed by atoms with Gasteiger partial charge < -0.3 is 5.01 Å². The Balaban J connectivity index is 3.35. The Labute approximate surface area is 55.8 Å². The summed E-state index contributed by atoms with van der Waals surface area (Å²) in [5.74, 6) is 5.25. The van der Waals surface area contributed by atoms with E-state index in [0.717, 1.165) is 6.42 Å². The van der Waals surface area contributed by atoms with Gasteiger partial charge in [0.15, 0.2) is 0 Å². The molecule has 0 heterocycles. The Morgan fingerprint density at radius 3 is 2.78 bits per heavy atom. The van der Waals surface area contributed by atoms with Crippen molar-refractivity contribution in [1.29, 1.82) is 0 Å². The Hall–Kier alpha value is -0.830. The van der Waals surface area contributed by atoms with Crippen LogP contribution >= 0.6 is 0 Å². The van der Waals surface area contributed by atoms with Crippen LogP contribution < -0.4 is 5.84 Å². The second kappa shape index (κ2) is 5.31. The van der Waals surface area contributed by atoms with Gasteiger partial charge in [-0.15, -0.1) is 0 Å². The zero-order valence-electron chi connectivity index (χ0n) is 5.91. The molecule has 0 atom stereocenters. The topological polar surface area (TPSA) is 41.6 Å². The number of nitrogens with two attached hydrogens (primary N) is 1. The van der Waals surface area contributed by atoms with Crippen LogP contribution in [-0.2, 0) is 0 Å². The smallest absolute Gasteiger partial charge is 0.0437 e. The van der Waals surface area contributed by atoms with Crippen LogP contribution in [0.15, 0.2) is 17.4 Å². The summed E-state index contributed by atoms with van der Waals surface area (Å²) < 4.78 is 0. The Bertz CT molecular complexity index is 105. The first kappa shape index (κ1) is 8.17. The van der Waals surface area contributed by atoms with Gasteiger partial charge in [-0.05, 0) is 6.42 Å². The molecule has 9 heavy (non-hydrogen) atoms. The fraction of sp³-hybridized carbons (Fsp3) is 0.500. The van der Waals surface area contributed by atoms with Crippen molar-refractivity contribution in [3.8, 4) is 0 Å². The van der Waals surface area contributed by atoms with Gasteiger partial charge in [-0.3, -0.25) is 4.99 Å². The highest BCUT2D eigenvalue weighted by atomic mass is 15.4. The monoisotopic (exact) mass is 127 g/mol. The van der Waals surface area contributed by atoms with Crippen LogP contribution in [-0.4, -0.2) is 18.3 Å². The van der Waals surface area contributed by atoms with Crippen molar-refractivity contribution in [1.82, 2.24) is 5.01 Å². The highest BCUT2D eigenvalue weighted by Crippen LogP contribution is 1.75. The summed E-state index contributed by atoms with van der Waals surface area (Å²) in [6, 6.07) is 0. The largest absolute Gasteiger partial charge is 0.320 e. The van der Waals surface area contributed by atoms with E-state index in [-0.39, 0.29) is 0 Å². The predicted octanol–water partition coefficient (Wildman–Crippen LogP) is 0.744. The molecule has 0 amide bonds. The van der Waals surface area contributed by atoms with E-state index in [1.165, 1.54) is 5.01 Å². The lowest BCUT2D eigenvalue weighted by molar-refractivity contribution is 0.484. The standard InChI is InChI=1S/C6H13N3/c1-3-4-8-5-6-9(2)7/h4-6H,3,7H2,1-2H3/b6-5-,8-4?. The summed E-state index contributed by atoms with van der Waals surface area (Å²) in [5.41, 5.74) is 0. The summed E-state index contributed by atoms with van der Waals surface area (Å²) >= 11 is 0. The summed E-state index contributed by atoms with van der Waals surface area (Å²) in [7, 11) is 1.75. The van der Waals surface area contributed by atoms with Gasteiger partial charge in [-0.2, -0.15) is 0 Å². The maximum atomic E-state index is 5.25. The quantitative estimate of drug-likeness (QED) is 0.345. The molecule has 0 saturated heterocycles. The Morgan fingerprint density at radius 2 is 2.33 bits per heavy atom. The molecule has 0 radical (unpaired) electrons. The van der Waals surface area contributed by atoms with Crippen LogP contribution in [0.1, 0.15) is 13.3 Å². The molecule has 0 aromatic heterocycles. The highest BCUT2D eigenvalue weighted by molar-refractivity contribution is 5.57. The van der Waals surface area contributed by atoms with Gasteiger partial charge in [0.25, 0.3) is 0 Å². The van der Waals surface area contributed by atoms with E-state index in [0.29, 0.717) is 0 Å². The van der Waals surface area contributed by atoms with Gasteiger partial charge >= 0.3 is 0 Å². The molecule has 3 heteroatoms. The van der Waals surface area contributed by atoms with Crippen molar-refractivity contribution in [3.63, 3.8) is 0 Å². The normalized spacial score (nSPS) is 11.4. The number of aliphatic imine (C=N–C) groups is 1. The second-order valence-electron chi connectivity index (χ2n) is 1.70. The Kier molecular flexibility index (Phi) is 4.82. The third-order valence-corrected chi connectivity index (χ3v) is 0.676. The van der Waals surface area contributed by atoms with Gasteiger partial charge in [0.1, 0.15) is 0 Å². The second-order valence-corrected chi connectivity index (χ2v) is 1.70. The molecule has 0 aliphatic carbocycles. The minimum absolute atomic E-state index is 0.957. The molecular weight excluding hydrogens is 114 g/mol. The molecule has 2 N–H and O–H groups in total. The van der Waals surface area contributed by atoms with Gasteiger partial charge in [-0.1, -0.05) is 6.92 Å². The van der Waals surface area contributed by atoms with E-state index >= 15 is 0 Å². The van der Waals surface area contributed by atoms with Crippen LogP contribution in [0.4, 0.5) is 0 Å². The van der Waals surface area contributed by atoms with Gasteiger partial charge in [0.05, 0.1) is 0 Å². The number of hydrogen-bond donors (Lipinski definition) is 1. The van der Waals surface area contributed by atoms with E-state index in [1.54, 1.807) is 19.4 Å². The van der Waals surface area contributed by atoms with Gasteiger partial charge in [-0.25, -0.2) is 5.84 Å². The predicted molar refractivity (Wildman–Crippen MR) is 39.9 cm³/mol. The fourth-order valence-electron chi connectivity index (χ4n) is 0.310. The molecule has 52 valence electrons. The highest BCUT2D eigenvalue weighted by Gasteiger charge is 1.70. The van der Waals surface area contributed by atoms with Crippen LogP contribution in [0, 0.1) is 0 Å². The molecule has 0 aliphatic heterocycles. The molecule has 0 aromatic carbocycles. The zero-order chi connectivity index (χ0) is 7.11. The van der Waals surface area contributed by atoms with Crippen molar-refractivity contribution in [3.05, 3.63) is 12.4 Å². The summed E-state index contributed by atoms with van der Waals surface area (Å²) in [6.07, 6.45) is 6.12. The van der Waals surface area contributed by atoms with Crippen molar-refractivity contribution in [2.45, 2.75) is 13.3 Å². The van der Waals surface area contributed by atoms with E-state index in [1.807, 2.05) is 13.1 Å². The minimum Gasteiger partial charge on any atom is -0.320 e. The number of hydrazine groups is 1. The average Bonchev–Trinajstić information content (AvgIpc) is 1.80. The maximum Gasteiger partial charge on any atom is 0.0437 e. The third-order valence-electron chi connectivity index (χ3n) is 0.676. The van der Waals surface area contributed by atoms with E-state index in [4.69, 9.17) is 5.84 Å². The average molecular weight is 127 g/mol. The maximum absolute atomic E-state index is 5.25. The molecule has 0 unspecified atom stereocenters. The van der Waals surface area contributed by atoms with Crippen LogP contribution in [0.2, 0.25) is 0 Å². The molecule has 0 aromatic rings. The van der Waals surface area contributed by atoms with Crippen LogP contribution in [0.25, 0.3) is 0 Å². The lowest BCUT2D eigenvalue weighted by atomic mass is 10.5. The van der Waals surface area contributed by atoms with Crippen molar-refractivity contribution < 1.29 is 0 Å². The van der Waals surface area contributed by atoms with E-state index < -0.39 is 0 Å². The number of hydrogen-bond acceptors (Lipinski definition) is 3. The molecule has 0 fully saturated rings. The fourth-order valence-corrected chi connectivity index (χ4v) is 0.310. The van der Waals surface area contributed by atoms with Crippen LogP contribution in [0.3, 0.4) is 0 Å². The van der Waals surface area contributed by atoms with Crippen molar-refractivity contribution in [2.75, 3.05) is 7.05 Å². The van der Waals surface area contributed by atoms with Crippen molar-refractivity contribution >= 4 is 6.21 Å². The molecular formula is C6H13N3. The minimum atomic E-state index is 0.957. The first-order valence-corrected chi connectivity index (χ1v) is 2.93. The third kappa shape index (κ3) is 7.17. The molecule has 0 aliphatic rings. The van der Waals surface area contributed by atoms with E-state index in [2.05, 4.69) is 4.99 Å². The first-order valence-electron chi connectivity index (χ1n) is 2.93. The number of rotatable bonds is 3. The Morgan fingerprint density at radius 1 is 1.67 bits per heavy atom. The lowest BCUT2D eigenvalue weighted by Gasteiger charge is -1.99. The molecule has 0 spiro atoms. The molecule has 0 bridgehead atoms. The zero-order valence-corrected chi connectivity index (χ0v) is 5.91. The molecule has 0 saturated carbocycles. The summed E-state index contributed by atoms with van der Waals surface area (Å²) in [6.45, 7) is 2.03. The SMILES string of the molecule is CCC=N/C=C\N(C)N. The van der Waals surface area contributed by atoms with E-state index in [9.17, 15) is 0 Å². The van der Waals surface area contributed by atoms with Gasteiger partial charge in [0, 0.05) is 25.7 Å². The number of nitrogens with zero attached hydrogens (tertiary/aromatic N) is 2.